The van der Waals surface area contributed by atoms with Crippen molar-refractivity contribution in [3.05, 3.63) is 71.4 Å². The number of aryl methyl sites for hydroxylation is 1. The van der Waals surface area contributed by atoms with E-state index < -0.39 is 0 Å². The molecule has 5 nitrogen and oxygen atoms in total. The second-order valence-corrected chi connectivity index (χ2v) is 7.22. The van der Waals surface area contributed by atoms with Crippen molar-refractivity contribution in [3.8, 4) is 11.5 Å². The summed E-state index contributed by atoms with van der Waals surface area (Å²) in [7, 11) is 0. The van der Waals surface area contributed by atoms with Crippen molar-refractivity contribution >= 4 is 5.91 Å². The molecular formula is C21H19N3O2. The van der Waals surface area contributed by atoms with Gasteiger partial charge in [-0.05, 0) is 48.6 Å². The maximum absolute atomic E-state index is 12.8. The molecule has 0 saturated heterocycles. The Balaban J connectivity index is 1.34. The van der Waals surface area contributed by atoms with E-state index in [1.54, 1.807) is 12.5 Å². The molecule has 2 aromatic heterocycles. The third kappa shape index (κ3) is 2.51. The van der Waals surface area contributed by atoms with Crippen LogP contribution in [0.1, 0.15) is 39.5 Å². The molecule has 0 N–H and O–H groups in total. The van der Waals surface area contributed by atoms with Gasteiger partial charge in [-0.25, -0.2) is 4.98 Å². The van der Waals surface area contributed by atoms with Crippen molar-refractivity contribution in [1.82, 2.24) is 14.9 Å². The van der Waals surface area contributed by atoms with E-state index >= 15 is 0 Å². The molecule has 3 aromatic rings. The summed E-state index contributed by atoms with van der Waals surface area (Å²) < 4.78 is 5.44. The van der Waals surface area contributed by atoms with Gasteiger partial charge in [0.15, 0.2) is 0 Å². The summed E-state index contributed by atoms with van der Waals surface area (Å²) in [4.78, 5) is 23.6. The average molecular weight is 345 g/mol. The molecule has 130 valence electrons. The van der Waals surface area contributed by atoms with Gasteiger partial charge in [0.05, 0.1) is 6.20 Å². The average Bonchev–Trinajstić information content (AvgIpc) is 3.06. The van der Waals surface area contributed by atoms with Crippen LogP contribution in [-0.4, -0.2) is 27.3 Å². The zero-order valence-electron chi connectivity index (χ0n) is 14.6. The van der Waals surface area contributed by atoms with Gasteiger partial charge < -0.3 is 9.32 Å². The topological polar surface area (TPSA) is 59.2 Å². The molecule has 1 unspecified atom stereocenters. The number of carbonyl (C=O) groups excluding carboxylic acids is 1. The van der Waals surface area contributed by atoms with Gasteiger partial charge in [0.1, 0.15) is 6.26 Å². The van der Waals surface area contributed by atoms with Crippen molar-refractivity contribution in [1.29, 1.82) is 0 Å². The van der Waals surface area contributed by atoms with Crippen molar-refractivity contribution in [2.24, 2.45) is 5.92 Å². The predicted molar refractivity (Wildman–Crippen MR) is 96.5 cm³/mol. The van der Waals surface area contributed by atoms with Crippen LogP contribution < -0.4 is 0 Å². The Kier molecular flexibility index (Phi) is 3.42. The molecular weight excluding hydrogens is 326 g/mol. The number of fused-ring (bicyclic) bond motifs is 1. The zero-order valence-corrected chi connectivity index (χ0v) is 14.6. The largest absolute Gasteiger partial charge is 0.445 e. The third-order valence-electron chi connectivity index (χ3n) is 5.40. The van der Waals surface area contributed by atoms with E-state index in [9.17, 15) is 4.79 Å². The number of hydrogen-bond acceptors (Lipinski definition) is 4. The van der Waals surface area contributed by atoms with Crippen molar-refractivity contribution < 1.29 is 9.21 Å². The molecule has 5 rings (SSSR count). The second-order valence-electron chi connectivity index (χ2n) is 7.22. The summed E-state index contributed by atoms with van der Waals surface area (Å²) in [6.45, 7) is 3.45. The van der Waals surface area contributed by atoms with E-state index in [4.69, 9.17) is 4.42 Å². The Morgan fingerprint density at radius 1 is 1.19 bits per heavy atom. The minimum atomic E-state index is 0.107. The fourth-order valence-corrected chi connectivity index (χ4v) is 3.89. The third-order valence-corrected chi connectivity index (χ3v) is 5.40. The highest BCUT2D eigenvalue weighted by Gasteiger charge is 2.43. The van der Waals surface area contributed by atoms with E-state index in [1.807, 2.05) is 36.2 Å². The Morgan fingerprint density at radius 3 is 2.85 bits per heavy atom. The monoisotopic (exact) mass is 345 g/mol. The molecule has 1 aliphatic heterocycles. The Morgan fingerprint density at radius 2 is 2.08 bits per heavy atom. The fourth-order valence-electron chi connectivity index (χ4n) is 3.89. The molecule has 1 aromatic carbocycles. The number of amides is 1. The van der Waals surface area contributed by atoms with Crippen LogP contribution in [0.4, 0.5) is 0 Å². The first-order valence-corrected chi connectivity index (χ1v) is 8.94. The van der Waals surface area contributed by atoms with Gasteiger partial charge in [-0.15, -0.1) is 0 Å². The minimum Gasteiger partial charge on any atom is -0.445 e. The summed E-state index contributed by atoms with van der Waals surface area (Å²) >= 11 is 0. The standard InChI is InChI=1S/C21H19N3O2/c1-13-5-6-19(23-10-13)17-9-14(17)11-24-12-18-15(20-22-7-8-26-20)3-2-4-16(18)21(24)25/h2-8,10,14,17H,9,11-12H2,1H3/t14?,17-/m1/s1. The highest BCUT2D eigenvalue weighted by atomic mass is 16.3. The SMILES string of the molecule is Cc1ccc([C@@H]2CC2CN2Cc3c(cccc3-c3ncco3)C2=O)nc1. The summed E-state index contributed by atoms with van der Waals surface area (Å²) in [5.41, 5.74) is 5.02. The zero-order chi connectivity index (χ0) is 17.7. The summed E-state index contributed by atoms with van der Waals surface area (Å²) in [6, 6.07) is 9.99. The number of hydrogen-bond donors (Lipinski definition) is 0. The summed E-state index contributed by atoms with van der Waals surface area (Å²) in [5.74, 6) is 1.65. The number of rotatable bonds is 4. The Bertz CT molecular complexity index is 963. The first kappa shape index (κ1) is 15.3. The lowest BCUT2D eigenvalue weighted by molar-refractivity contribution is 0.0770. The molecule has 3 heterocycles. The molecule has 26 heavy (non-hydrogen) atoms. The van der Waals surface area contributed by atoms with Crippen LogP contribution in [0, 0.1) is 12.8 Å². The highest BCUT2D eigenvalue weighted by Crippen LogP contribution is 2.48. The van der Waals surface area contributed by atoms with Gasteiger partial charge in [0.25, 0.3) is 5.91 Å². The minimum absolute atomic E-state index is 0.107. The van der Waals surface area contributed by atoms with Gasteiger partial charge in [0.2, 0.25) is 5.89 Å². The number of carbonyl (C=O) groups is 1. The quantitative estimate of drug-likeness (QED) is 0.721. The smallest absolute Gasteiger partial charge is 0.254 e. The molecule has 0 bridgehead atoms. The first-order valence-electron chi connectivity index (χ1n) is 8.94. The Labute approximate surface area is 151 Å². The van der Waals surface area contributed by atoms with Crippen molar-refractivity contribution in [2.75, 3.05) is 6.54 Å². The second kappa shape index (κ2) is 5.80. The number of oxazole rings is 1. The van der Waals surface area contributed by atoms with Gasteiger partial charge in [-0.2, -0.15) is 0 Å². The van der Waals surface area contributed by atoms with E-state index in [0.29, 0.717) is 24.3 Å². The van der Waals surface area contributed by atoms with E-state index in [1.165, 1.54) is 5.56 Å². The van der Waals surface area contributed by atoms with Gasteiger partial charge in [0, 0.05) is 42.0 Å². The lowest BCUT2D eigenvalue weighted by atomic mass is 10.0. The number of nitrogens with zero attached hydrogens (tertiary/aromatic N) is 3. The van der Waals surface area contributed by atoms with Crippen molar-refractivity contribution in [3.63, 3.8) is 0 Å². The van der Waals surface area contributed by atoms with E-state index in [0.717, 1.165) is 35.3 Å². The number of pyridine rings is 1. The fraction of sp³-hybridized carbons (Fsp3) is 0.286. The summed E-state index contributed by atoms with van der Waals surface area (Å²) in [6.07, 6.45) is 6.21. The molecule has 1 amide bonds. The number of benzene rings is 1. The van der Waals surface area contributed by atoms with Crippen LogP contribution in [0.5, 0.6) is 0 Å². The van der Waals surface area contributed by atoms with Crippen LogP contribution in [0.15, 0.2) is 53.4 Å². The molecule has 0 spiro atoms. The highest BCUT2D eigenvalue weighted by molar-refractivity contribution is 6.00. The molecule has 1 fully saturated rings. The van der Waals surface area contributed by atoms with E-state index in [-0.39, 0.29) is 5.91 Å². The van der Waals surface area contributed by atoms with Gasteiger partial charge in [-0.1, -0.05) is 12.1 Å². The van der Waals surface area contributed by atoms with E-state index in [2.05, 4.69) is 22.1 Å². The lowest BCUT2D eigenvalue weighted by Crippen LogP contribution is -2.26. The van der Waals surface area contributed by atoms with Crippen LogP contribution in [0.3, 0.4) is 0 Å². The Hall–Kier alpha value is -2.95. The normalized spacial score (nSPS) is 21.1. The van der Waals surface area contributed by atoms with Crippen LogP contribution in [0.2, 0.25) is 0 Å². The maximum Gasteiger partial charge on any atom is 0.254 e. The molecule has 0 radical (unpaired) electrons. The molecule has 2 atom stereocenters. The van der Waals surface area contributed by atoms with Gasteiger partial charge >= 0.3 is 0 Å². The predicted octanol–water partition coefficient (Wildman–Crippen LogP) is 3.80. The molecule has 1 aliphatic carbocycles. The van der Waals surface area contributed by atoms with Crippen LogP contribution in [0.25, 0.3) is 11.5 Å². The summed E-state index contributed by atoms with van der Waals surface area (Å²) in [5, 5.41) is 0. The number of aromatic nitrogens is 2. The van der Waals surface area contributed by atoms with Crippen LogP contribution in [-0.2, 0) is 6.54 Å². The van der Waals surface area contributed by atoms with Crippen molar-refractivity contribution in [2.45, 2.75) is 25.8 Å². The lowest BCUT2D eigenvalue weighted by Gasteiger charge is -2.15. The first-order chi connectivity index (χ1) is 12.7. The van der Waals surface area contributed by atoms with Crippen LogP contribution >= 0.6 is 0 Å². The molecule has 1 saturated carbocycles. The maximum atomic E-state index is 12.8. The van der Waals surface area contributed by atoms with Gasteiger partial charge in [-0.3, -0.25) is 9.78 Å². The molecule has 5 heteroatoms. The molecule has 2 aliphatic rings.